The molecule has 1 heterocycles. The Hall–Kier alpha value is -3.34. The van der Waals surface area contributed by atoms with Crippen LogP contribution in [0, 0.1) is 13.8 Å². The summed E-state index contributed by atoms with van der Waals surface area (Å²) in [7, 11) is 1.67. The van der Waals surface area contributed by atoms with E-state index in [-0.39, 0.29) is 5.91 Å². The molecule has 144 valence electrons. The minimum atomic E-state index is -0.172. The molecule has 1 amide bonds. The van der Waals surface area contributed by atoms with Gasteiger partial charge in [0.15, 0.2) is 0 Å². The van der Waals surface area contributed by atoms with Crippen molar-refractivity contribution in [2.24, 2.45) is 0 Å². The summed E-state index contributed by atoms with van der Waals surface area (Å²) in [5, 5.41) is 6.29. The second kappa shape index (κ2) is 9.04. The van der Waals surface area contributed by atoms with Crippen LogP contribution in [0.15, 0.2) is 60.9 Å². The Morgan fingerprint density at radius 2 is 1.89 bits per heavy atom. The smallest absolute Gasteiger partial charge is 0.257 e. The Balaban J connectivity index is 1.63. The molecule has 0 bridgehead atoms. The molecule has 0 radical (unpaired) electrons. The number of hydrogen-bond acceptors (Lipinski definition) is 4. The lowest BCUT2D eigenvalue weighted by Crippen LogP contribution is -2.14. The number of nitrogens with zero attached hydrogens (tertiary/aromatic N) is 1. The van der Waals surface area contributed by atoms with E-state index < -0.39 is 0 Å². The molecule has 5 nitrogen and oxygen atoms in total. The van der Waals surface area contributed by atoms with Crippen molar-refractivity contribution in [1.29, 1.82) is 0 Å². The molecule has 0 aliphatic carbocycles. The number of pyridine rings is 1. The molecule has 0 aliphatic rings. The van der Waals surface area contributed by atoms with Crippen molar-refractivity contribution in [1.82, 2.24) is 4.98 Å². The standard InChI is InChI=1S/C23H25N3O2/c1-16-7-6-9-21(17(16)2)26-23(27)19-13-20(15-24-14-19)25-12-11-18-8-4-5-10-22(18)28-3/h4-10,13-15,25H,11-12H2,1-3H3,(H,26,27). The van der Waals surface area contributed by atoms with Gasteiger partial charge in [0.25, 0.3) is 5.91 Å². The molecule has 0 aliphatic heterocycles. The number of para-hydroxylation sites is 1. The number of carbonyl (C=O) groups excluding carboxylic acids is 1. The zero-order valence-corrected chi connectivity index (χ0v) is 16.5. The highest BCUT2D eigenvalue weighted by atomic mass is 16.5. The van der Waals surface area contributed by atoms with Crippen molar-refractivity contribution in [3.63, 3.8) is 0 Å². The third-order valence-corrected chi connectivity index (χ3v) is 4.77. The van der Waals surface area contributed by atoms with Crippen LogP contribution in [0.5, 0.6) is 5.75 Å². The van der Waals surface area contributed by atoms with Gasteiger partial charge in [-0.3, -0.25) is 9.78 Å². The number of methoxy groups -OCH3 is 1. The molecule has 2 aromatic carbocycles. The zero-order valence-electron chi connectivity index (χ0n) is 16.5. The topological polar surface area (TPSA) is 63.2 Å². The number of hydrogen-bond donors (Lipinski definition) is 2. The normalized spacial score (nSPS) is 10.4. The fraction of sp³-hybridized carbons (Fsp3) is 0.217. The SMILES string of the molecule is COc1ccccc1CCNc1cncc(C(=O)Nc2cccc(C)c2C)c1. The van der Waals surface area contributed by atoms with Crippen LogP contribution >= 0.6 is 0 Å². The quantitative estimate of drug-likeness (QED) is 0.633. The largest absolute Gasteiger partial charge is 0.496 e. The first-order valence-electron chi connectivity index (χ1n) is 9.27. The van der Waals surface area contributed by atoms with Gasteiger partial charge >= 0.3 is 0 Å². The fourth-order valence-corrected chi connectivity index (χ4v) is 2.99. The van der Waals surface area contributed by atoms with Gasteiger partial charge in [0, 0.05) is 24.6 Å². The number of benzene rings is 2. The predicted molar refractivity (Wildman–Crippen MR) is 113 cm³/mol. The second-order valence-corrected chi connectivity index (χ2v) is 6.65. The van der Waals surface area contributed by atoms with E-state index in [4.69, 9.17) is 4.74 Å². The van der Waals surface area contributed by atoms with Crippen molar-refractivity contribution in [2.75, 3.05) is 24.3 Å². The van der Waals surface area contributed by atoms with Gasteiger partial charge in [0.1, 0.15) is 5.75 Å². The molecule has 0 saturated heterocycles. The number of anilines is 2. The number of ether oxygens (including phenoxy) is 1. The summed E-state index contributed by atoms with van der Waals surface area (Å²) in [5.41, 5.74) is 5.48. The van der Waals surface area contributed by atoms with E-state index in [9.17, 15) is 4.79 Å². The molecule has 2 N–H and O–H groups in total. The van der Waals surface area contributed by atoms with E-state index in [2.05, 4.69) is 15.6 Å². The molecule has 28 heavy (non-hydrogen) atoms. The van der Waals surface area contributed by atoms with E-state index in [1.165, 1.54) is 0 Å². The number of rotatable bonds is 7. The molecule has 5 heteroatoms. The fourth-order valence-electron chi connectivity index (χ4n) is 2.99. The van der Waals surface area contributed by atoms with E-state index in [1.54, 1.807) is 19.5 Å². The number of carbonyl (C=O) groups is 1. The molecule has 0 atom stereocenters. The lowest BCUT2D eigenvalue weighted by molar-refractivity contribution is 0.102. The maximum Gasteiger partial charge on any atom is 0.257 e. The first-order chi connectivity index (χ1) is 13.6. The van der Waals surface area contributed by atoms with Crippen LogP contribution in [0.1, 0.15) is 27.0 Å². The Bertz CT molecular complexity index is 970. The highest BCUT2D eigenvalue weighted by Crippen LogP contribution is 2.20. The summed E-state index contributed by atoms with van der Waals surface area (Å²) >= 11 is 0. The maximum atomic E-state index is 12.6. The van der Waals surface area contributed by atoms with E-state index in [0.29, 0.717) is 12.1 Å². The second-order valence-electron chi connectivity index (χ2n) is 6.65. The summed E-state index contributed by atoms with van der Waals surface area (Å²) in [6, 6.07) is 15.6. The summed E-state index contributed by atoms with van der Waals surface area (Å²) in [4.78, 5) is 16.8. The lowest BCUT2D eigenvalue weighted by Gasteiger charge is -2.12. The summed E-state index contributed by atoms with van der Waals surface area (Å²) in [6.45, 7) is 4.74. The Morgan fingerprint density at radius 1 is 1.07 bits per heavy atom. The molecular formula is C23H25N3O2. The minimum absolute atomic E-state index is 0.172. The average Bonchev–Trinajstić information content (AvgIpc) is 2.72. The Labute approximate surface area is 165 Å². The molecule has 1 aromatic heterocycles. The first-order valence-corrected chi connectivity index (χ1v) is 9.27. The van der Waals surface area contributed by atoms with Crippen LogP contribution in [0.25, 0.3) is 0 Å². The highest BCUT2D eigenvalue weighted by Gasteiger charge is 2.10. The van der Waals surface area contributed by atoms with Crippen molar-refractivity contribution in [3.05, 3.63) is 83.2 Å². The molecule has 0 unspecified atom stereocenters. The molecule has 0 fully saturated rings. The number of aryl methyl sites for hydroxylation is 1. The third kappa shape index (κ3) is 4.68. The average molecular weight is 375 g/mol. The van der Waals surface area contributed by atoms with E-state index >= 15 is 0 Å². The lowest BCUT2D eigenvalue weighted by atomic mass is 10.1. The molecule has 0 saturated carbocycles. The zero-order chi connectivity index (χ0) is 19.9. The number of nitrogens with one attached hydrogen (secondary N) is 2. The van der Waals surface area contributed by atoms with Crippen LogP contribution in [0.3, 0.4) is 0 Å². The third-order valence-electron chi connectivity index (χ3n) is 4.77. The predicted octanol–water partition coefficient (Wildman–Crippen LogP) is 4.61. The number of amides is 1. The van der Waals surface area contributed by atoms with Gasteiger partial charge in [-0.1, -0.05) is 30.3 Å². The number of aromatic nitrogens is 1. The molecule has 3 rings (SSSR count). The molecular weight excluding hydrogens is 350 g/mol. The maximum absolute atomic E-state index is 12.6. The first kappa shape index (κ1) is 19.4. The molecule has 3 aromatic rings. The van der Waals surface area contributed by atoms with Crippen molar-refractivity contribution >= 4 is 17.3 Å². The van der Waals surface area contributed by atoms with Gasteiger partial charge in [-0.05, 0) is 55.2 Å². The van der Waals surface area contributed by atoms with E-state index in [0.717, 1.165) is 40.2 Å². The van der Waals surface area contributed by atoms with Crippen molar-refractivity contribution in [2.45, 2.75) is 20.3 Å². The van der Waals surface area contributed by atoms with Gasteiger partial charge in [-0.25, -0.2) is 0 Å². The summed E-state index contributed by atoms with van der Waals surface area (Å²) in [5.74, 6) is 0.707. The van der Waals surface area contributed by atoms with Crippen LogP contribution in [0.2, 0.25) is 0 Å². The van der Waals surface area contributed by atoms with Crippen molar-refractivity contribution in [3.8, 4) is 5.75 Å². The van der Waals surface area contributed by atoms with Gasteiger partial charge < -0.3 is 15.4 Å². The summed E-state index contributed by atoms with van der Waals surface area (Å²) in [6.07, 6.45) is 4.10. The van der Waals surface area contributed by atoms with E-state index in [1.807, 2.05) is 62.4 Å². The van der Waals surface area contributed by atoms with Gasteiger partial charge in [0.05, 0.1) is 18.4 Å². The van der Waals surface area contributed by atoms with Crippen LogP contribution in [-0.2, 0) is 6.42 Å². The van der Waals surface area contributed by atoms with Crippen LogP contribution < -0.4 is 15.4 Å². The Kier molecular flexibility index (Phi) is 6.27. The Morgan fingerprint density at radius 3 is 2.71 bits per heavy atom. The van der Waals surface area contributed by atoms with Crippen LogP contribution in [-0.4, -0.2) is 24.5 Å². The van der Waals surface area contributed by atoms with Crippen LogP contribution in [0.4, 0.5) is 11.4 Å². The van der Waals surface area contributed by atoms with Gasteiger partial charge in [-0.15, -0.1) is 0 Å². The highest BCUT2D eigenvalue weighted by molar-refractivity contribution is 6.05. The van der Waals surface area contributed by atoms with Gasteiger partial charge in [0.2, 0.25) is 0 Å². The van der Waals surface area contributed by atoms with Crippen molar-refractivity contribution < 1.29 is 9.53 Å². The van der Waals surface area contributed by atoms with Gasteiger partial charge in [-0.2, -0.15) is 0 Å². The summed E-state index contributed by atoms with van der Waals surface area (Å²) < 4.78 is 5.38. The minimum Gasteiger partial charge on any atom is -0.496 e. The molecule has 0 spiro atoms. The monoisotopic (exact) mass is 375 g/mol.